The molecule has 2 heterocycles. The Balaban J connectivity index is 1.44. The Labute approximate surface area is 164 Å². The van der Waals surface area contributed by atoms with Crippen molar-refractivity contribution < 1.29 is 9.18 Å². The van der Waals surface area contributed by atoms with Crippen LogP contribution in [0.15, 0.2) is 60.9 Å². The van der Waals surface area contributed by atoms with Crippen molar-refractivity contribution in [1.29, 1.82) is 0 Å². The summed E-state index contributed by atoms with van der Waals surface area (Å²) in [7, 11) is 0. The third-order valence-corrected chi connectivity index (χ3v) is 5.41. The van der Waals surface area contributed by atoms with Crippen molar-refractivity contribution >= 4 is 22.2 Å². The number of nitrogens with zero attached hydrogens (tertiary/aromatic N) is 2. The number of hydrogen-bond donors (Lipinski definition) is 1. The molecule has 4 nitrogen and oxygen atoms in total. The van der Waals surface area contributed by atoms with Crippen LogP contribution in [0.4, 0.5) is 10.1 Å². The highest BCUT2D eigenvalue weighted by molar-refractivity contribution is 5.96. The summed E-state index contributed by atoms with van der Waals surface area (Å²) in [5.41, 5.74) is 1.74. The summed E-state index contributed by atoms with van der Waals surface area (Å²) < 4.78 is 13.0. The van der Waals surface area contributed by atoms with Crippen molar-refractivity contribution in [2.75, 3.05) is 24.5 Å². The number of ketones is 1. The summed E-state index contributed by atoms with van der Waals surface area (Å²) in [5, 5.41) is 5.83. The average Bonchev–Trinajstić information content (AvgIpc) is 2.74. The molecule has 144 valence electrons. The predicted molar refractivity (Wildman–Crippen MR) is 110 cm³/mol. The van der Waals surface area contributed by atoms with E-state index in [-0.39, 0.29) is 11.6 Å². The van der Waals surface area contributed by atoms with Crippen LogP contribution in [0.1, 0.15) is 29.6 Å². The monoisotopic (exact) mass is 377 g/mol. The summed E-state index contributed by atoms with van der Waals surface area (Å²) in [4.78, 5) is 19.2. The Morgan fingerprint density at radius 3 is 2.82 bits per heavy atom. The minimum absolute atomic E-state index is 0.0714. The van der Waals surface area contributed by atoms with Crippen LogP contribution in [0, 0.1) is 5.82 Å². The fourth-order valence-corrected chi connectivity index (χ4v) is 3.94. The Morgan fingerprint density at radius 2 is 1.96 bits per heavy atom. The second-order valence-electron chi connectivity index (χ2n) is 7.25. The maximum absolute atomic E-state index is 13.0. The molecule has 0 aliphatic carbocycles. The van der Waals surface area contributed by atoms with E-state index in [9.17, 15) is 9.18 Å². The van der Waals surface area contributed by atoms with Crippen LogP contribution in [0.2, 0.25) is 0 Å². The smallest absolute Gasteiger partial charge is 0.162 e. The molecule has 2 aromatic carbocycles. The normalized spacial score (nSPS) is 17.0. The van der Waals surface area contributed by atoms with E-state index in [1.807, 2.05) is 18.5 Å². The van der Waals surface area contributed by atoms with Crippen LogP contribution < -0.4 is 10.2 Å². The van der Waals surface area contributed by atoms with E-state index in [0.717, 1.165) is 43.5 Å². The largest absolute Gasteiger partial charge is 0.364 e. The highest BCUT2D eigenvalue weighted by Crippen LogP contribution is 2.29. The van der Waals surface area contributed by atoms with Gasteiger partial charge in [0.25, 0.3) is 0 Å². The highest BCUT2D eigenvalue weighted by Gasteiger charge is 2.24. The van der Waals surface area contributed by atoms with Gasteiger partial charge in [-0.3, -0.25) is 9.78 Å². The number of pyridine rings is 1. The molecule has 0 radical (unpaired) electrons. The molecule has 3 aromatic rings. The number of halogens is 1. The number of carbonyl (C=O) groups is 1. The summed E-state index contributed by atoms with van der Waals surface area (Å²) in [5.74, 6) is -0.244. The molecule has 0 bridgehead atoms. The van der Waals surface area contributed by atoms with Crippen molar-refractivity contribution in [1.82, 2.24) is 10.3 Å². The lowest BCUT2D eigenvalue weighted by molar-refractivity contribution is 0.0978. The lowest BCUT2D eigenvalue weighted by atomic mass is 10.00. The molecule has 1 N–H and O–H groups in total. The molecule has 5 heteroatoms. The van der Waals surface area contributed by atoms with Crippen LogP contribution >= 0.6 is 0 Å². The zero-order valence-electron chi connectivity index (χ0n) is 15.8. The van der Waals surface area contributed by atoms with Gasteiger partial charge < -0.3 is 10.2 Å². The molecule has 4 rings (SSSR count). The van der Waals surface area contributed by atoms with Crippen molar-refractivity contribution in [3.63, 3.8) is 0 Å². The Kier molecular flexibility index (Phi) is 5.63. The minimum atomic E-state index is -0.316. The molecule has 1 aliphatic rings. The molecule has 28 heavy (non-hydrogen) atoms. The average molecular weight is 377 g/mol. The Hall–Kier alpha value is -2.79. The quantitative estimate of drug-likeness (QED) is 0.654. The summed E-state index contributed by atoms with van der Waals surface area (Å²) in [6, 6.07) is 14.5. The van der Waals surface area contributed by atoms with E-state index < -0.39 is 0 Å². The highest BCUT2D eigenvalue weighted by atomic mass is 19.1. The van der Waals surface area contributed by atoms with Crippen molar-refractivity contribution in [2.45, 2.75) is 25.3 Å². The molecule has 0 saturated carbocycles. The molecule has 0 amide bonds. The molecular weight excluding hydrogens is 353 g/mol. The van der Waals surface area contributed by atoms with Gasteiger partial charge in [-0.2, -0.15) is 0 Å². The number of Topliss-reactive ketones (excluding diaryl/α,β-unsaturated/α-hetero) is 1. The van der Waals surface area contributed by atoms with E-state index in [4.69, 9.17) is 0 Å². The first-order valence-electron chi connectivity index (χ1n) is 9.81. The number of benzene rings is 2. The molecule has 1 aromatic heterocycles. The van der Waals surface area contributed by atoms with E-state index >= 15 is 0 Å². The second kappa shape index (κ2) is 8.48. The van der Waals surface area contributed by atoms with Crippen LogP contribution in [-0.2, 0) is 0 Å². The molecule has 1 fully saturated rings. The van der Waals surface area contributed by atoms with Crippen LogP contribution in [-0.4, -0.2) is 36.4 Å². The molecule has 0 spiro atoms. The van der Waals surface area contributed by atoms with Gasteiger partial charge in [0.05, 0.1) is 11.9 Å². The summed E-state index contributed by atoms with van der Waals surface area (Å²) >= 11 is 0. The van der Waals surface area contributed by atoms with Gasteiger partial charge in [-0.25, -0.2) is 4.39 Å². The number of nitrogens with one attached hydrogen (secondary N) is 1. The van der Waals surface area contributed by atoms with Crippen LogP contribution in [0.5, 0.6) is 0 Å². The number of rotatable bonds is 6. The van der Waals surface area contributed by atoms with Gasteiger partial charge in [-0.15, -0.1) is 0 Å². The number of carbonyl (C=O) groups excluding carboxylic acids is 1. The molecule has 1 saturated heterocycles. The minimum Gasteiger partial charge on any atom is -0.364 e. The van der Waals surface area contributed by atoms with E-state index in [1.165, 1.54) is 17.5 Å². The number of aromatic nitrogens is 1. The van der Waals surface area contributed by atoms with Crippen LogP contribution in [0.25, 0.3) is 10.8 Å². The Morgan fingerprint density at radius 1 is 1.14 bits per heavy atom. The summed E-state index contributed by atoms with van der Waals surface area (Å²) in [6.45, 7) is 2.76. The number of piperazine rings is 1. The molecule has 1 atom stereocenters. The SMILES string of the molecule is O=C(CCCC1CNCCN1c1cncc2ccccc12)c1ccc(F)cc1. The first-order valence-corrected chi connectivity index (χ1v) is 9.81. The van der Waals surface area contributed by atoms with Gasteiger partial charge in [-0.1, -0.05) is 24.3 Å². The summed E-state index contributed by atoms with van der Waals surface area (Å²) in [6.07, 6.45) is 6.05. The zero-order valence-corrected chi connectivity index (χ0v) is 15.8. The lowest BCUT2D eigenvalue weighted by Gasteiger charge is -2.38. The van der Waals surface area contributed by atoms with Gasteiger partial charge in [0.15, 0.2) is 5.78 Å². The first-order chi connectivity index (χ1) is 13.7. The fraction of sp³-hybridized carbons (Fsp3) is 0.304. The van der Waals surface area contributed by atoms with E-state index in [0.29, 0.717) is 18.0 Å². The van der Waals surface area contributed by atoms with Gasteiger partial charge in [0, 0.05) is 54.6 Å². The van der Waals surface area contributed by atoms with E-state index in [1.54, 1.807) is 12.1 Å². The molecule has 1 unspecified atom stereocenters. The van der Waals surface area contributed by atoms with Crippen molar-refractivity contribution in [2.24, 2.45) is 0 Å². The van der Waals surface area contributed by atoms with Crippen LogP contribution in [0.3, 0.4) is 0 Å². The standard InChI is InChI=1S/C23H24FN3O/c24-19-10-8-17(9-11-19)23(28)7-3-5-20-15-25-12-13-27(20)22-16-26-14-18-4-1-2-6-21(18)22/h1-2,4,6,8-11,14,16,20,25H,3,5,7,12-13,15H2. The molecular formula is C23H24FN3O. The van der Waals surface area contributed by atoms with Gasteiger partial charge >= 0.3 is 0 Å². The van der Waals surface area contributed by atoms with E-state index in [2.05, 4.69) is 33.4 Å². The lowest BCUT2D eigenvalue weighted by Crippen LogP contribution is -2.51. The topological polar surface area (TPSA) is 45.2 Å². The van der Waals surface area contributed by atoms with Gasteiger partial charge in [0.1, 0.15) is 5.82 Å². The van der Waals surface area contributed by atoms with Crippen molar-refractivity contribution in [3.8, 4) is 0 Å². The predicted octanol–water partition coefficient (Wildman–Crippen LogP) is 4.21. The number of anilines is 1. The first kappa shape index (κ1) is 18.6. The number of fused-ring (bicyclic) bond motifs is 1. The third kappa shape index (κ3) is 4.04. The number of hydrogen-bond acceptors (Lipinski definition) is 4. The second-order valence-corrected chi connectivity index (χ2v) is 7.25. The molecule has 1 aliphatic heterocycles. The zero-order chi connectivity index (χ0) is 19.3. The maximum atomic E-state index is 13.0. The van der Waals surface area contributed by atoms with Gasteiger partial charge in [0.2, 0.25) is 0 Å². The van der Waals surface area contributed by atoms with Crippen molar-refractivity contribution in [3.05, 3.63) is 72.3 Å². The van der Waals surface area contributed by atoms with Gasteiger partial charge in [-0.05, 0) is 37.1 Å². The fourth-order valence-electron chi connectivity index (χ4n) is 3.94. The Bertz CT molecular complexity index is 952. The third-order valence-electron chi connectivity index (χ3n) is 5.41. The maximum Gasteiger partial charge on any atom is 0.162 e.